The number of aryl methyl sites for hydroxylation is 1. The van der Waals surface area contributed by atoms with E-state index in [2.05, 4.69) is 21.9 Å². The number of hydrogen-bond donors (Lipinski definition) is 3. The van der Waals surface area contributed by atoms with Crippen molar-refractivity contribution in [2.75, 3.05) is 25.9 Å². The molecule has 1 rings (SSSR count). The molecule has 0 bridgehead atoms. The van der Waals surface area contributed by atoms with Crippen LogP contribution in [-0.2, 0) is 10.0 Å². The normalized spacial score (nSPS) is 10.8. The fourth-order valence-electron chi connectivity index (χ4n) is 1.35. The predicted molar refractivity (Wildman–Crippen MR) is 80.2 cm³/mol. The summed E-state index contributed by atoms with van der Waals surface area (Å²) in [6.45, 7) is 2.54. The Bertz CT molecular complexity index is 639. The zero-order chi connectivity index (χ0) is 15.2. The second-order valence-corrected chi connectivity index (χ2v) is 6.94. The monoisotopic (exact) mass is 315 g/mol. The summed E-state index contributed by atoms with van der Waals surface area (Å²) in [6, 6.07) is 1.75. The molecule has 1 amide bonds. The lowest BCUT2D eigenvalue weighted by Gasteiger charge is -2.03. The van der Waals surface area contributed by atoms with Crippen LogP contribution < -0.4 is 15.8 Å². The van der Waals surface area contributed by atoms with E-state index in [0.717, 1.165) is 16.7 Å². The third-order valence-corrected chi connectivity index (χ3v) is 4.10. The molecule has 8 heteroatoms. The molecule has 0 fully saturated rings. The summed E-state index contributed by atoms with van der Waals surface area (Å²) in [6.07, 6.45) is 1.07. The average molecular weight is 315 g/mol. The molecule has 1 aromatic rings. The minimum Gasteiger partial charge on any atom is -0.350 e. The summed E-state index contributed by atoms with van der Waals surface area (Å²) in [7, 11) is -3.23. The first-order valence-electron chi connectivity index (χ1n) is 5.85. The first kappa shape index (κ1) is 16.7. The largest absolute Gasteiger partial charge is 0.350 e. The van der Waals surface area contributed by atoms with Gasteiger partial charge in [-0.05, 0) is 18.6 Å². The SMILES string of the molecule is Cc1cc(C(=O)NCCNS(C)(=O)=O)sc1C#CCN. The standard InChI is InChI=1S/C12H17N3O3S2/c1-9-8-11(19-10(9)4-3-5-13)12(16)14-6-7-15-20(2,17)18/h8,15H,5-7,13H2,1-2H3,(H,14,16). The second kappa shape index (κ2) is 7.40. The molecule has 0 aliphatic rings. The number of rotatable bonds is 5. The molecule has 1 heterocycles. The van der Waals surface area contributed by atoms with Gasteiger partial charge in [-0.1, -0.05) is 11.8 Å². The number of hydrogen-bond acceptors (Lipinski definition) is 5. The first-order chi connectivity index (χ1) is 9.33. The van der Waals surface area contributed by atoms with Crippen molar-refractivity contribution in [3.63, 3.8) is 0 Å². The molecule has 4 N–H and O–H groups in total. The number of nitrogens with one attached hydrogen (secondary N) is 2. The van der Waals surface area contributed by atoms with Crippen LogP contribution in [0.1, 0.15) is 20.1 Å². The van der Waals surface area contributed by atoms with Gasteiger partial charge in [-0.2, -0.15) is 0 Å². The number of carbonyl (C=O) groups is 1. The number of carbonyl (C=O) groups excluding carboxylic acids is 1. The van der Waals surface area contributed by atoms with Crippen LogP contribution in [0.3, 0.4) is 0 Å². The Hall–Kier alpha value is -1.40. The molecule has 0 aromatic carbocycles. The van der Waals surface area contributed by atoms with Crippen molar-refractivity contribution >= 4 is 27.3 Å². The van der Waals surface area contributed by atoms with Crippen LogP contribution in [0.25, 0.3) is 0 Å². The highest BCUT2D eigenvalue weighted by molar-refractivity contribution is 7.88. The van der Waals surface area contributed by atoms with E-state index in [1.807, 2.05) is 6.92 Å². The van der Waals surface area contributed by atoms with Crippen molar-refractivity contribution in [2.45, 2.75) is 6.92 Å². The third kappa shape index (κ3) is 5.71. The van der Waals surface area contributed by atoms with Crippen LogP contribution in [0.15, 0.2) is 6.07 Å². The topological polar surface area (TPSA) is 101 Å². The Morgan fingerprint density at radius 2 is 2.15 bits per heavy atom. The van der Waals surface area contributed by atoms with E-state index < -0.39 is 10.0 Å². The van der Waals surface area contributed by atoms with Crippen molar-refractivity contribution in [3.8, 4) is 11.8 Å². The molecule has 0 aliphatic carbocycles. The quantitative estimate of drug-likeness (QED) is 0.510. The molecule has 110 valence electrons. The minimum absolute atomic E-state index is 0.161. The van der Waals surface area contributed by atoms with E-state index in [1.165, 1.54) is 11.3 Å². The van der Waals surface area contributed by atoms with Gasteiger partial charge in [0.2, 0.25) is 10.0 Å². The molecule has 0 atom stereocenters. The molecular weight excluding hydrogens is 298 g/mol. The Balaban J connectivity index is 2.56. The van der Waals surface area contributed by atoms with Crippen LogP contribution in [0.4, 0.5) is 0 Å². The molecule has 0 unspecified atom stereocenters. The van der Waals surface area contributed by atoms with Gasteiger partial charge in [-0.25, -0.2) is 13.1 Å². The van der Waals surface area contributed by atoms with Gasteiger partial charge in [0.25, 0.3) is 5.91 Å². The van der Waals surface area contributed by atoms with E-state index in [-0.39, 0.29) is 25.5 Å². The minimum atomic E-state index is -3.23. The van der Waals surface area contributed by atoms with Gasteiger partial charge in [0.1, 0.15) is 0 Å². The summed E-state index contributed by atoms with van der Waals surface area (Å²) >= 11 is 1.29. The van der Waals surface area contributed by atoms with E-state index in [1.54, 1.807) is 6.07 Å². The predicted octanol–water partition coefficient (Wildman–Crippen LogP) is -0.354. The maximum absolute atomic E-state index is 11.9. The fourth-order valence-corrected chi connectivity index (χ4v) is 2.79. The van der Waals surface area contributed by atoms with Crippen LogP contribution >= 0.6 is 11.3 Å². The van der Waals surface area contributed by atoms with E-state index in [0.29, 0.717) is 4.88 Å². The smallest absolute Gasteiger partial charge is 0.261 e. The number of amides is 1. The summed E-state index contributed by atoms with van der Waals surface area (Å²) in [5.74, 6) is 5.41. The van der Waals surface area contributed by atoms with Crippen LogP contribution in [0.5, 0.6) is 0 Å². The maximum atomic E-state index is 11.9. The summed E-state index contributed by atoms with van der Waals surface area (Å²) in [5.41, 5.74) is 6.23. The zero-order valence-corrected chi connectivity index (χ0v) is 13.0. The Morgan fingerprint density at radius 1 is 1.45 bits per heavy atom. The van der Waals surface area contributed by atoms with Crippen molar-refractivity contribution in [2.24, 2.45) is 5.73 Å². The van der Waals surface area contributed by atoms with Crippen molar-refractivity contribution in [1.29, 1.82) is 0 Å². The summed E-state index contributed by atoms with van der Waals surface area (Å²) < 4.78 is 24.0. The second-order valence-electron chi connectivity index (χ2n) is 4.05. The lowest BCUT2D eigenvalue weighted by Crippen LogP contribution is -2.33. The molecule has 0 saturated carbocycles. The van der Waals surface area contributed by atoms with Gasteiger partial charge in [0, 0.05) is 13.1 Å². The molecule has 0 radical (unpaired) electrons. The number of sulfonamides is 1. The highest BCUT2D eigenvalue weighted by Gasteiger charge is 2.11. The van der Waals surface area contributed by atoms with Gasteiger partial charge in [0.05, 0.1) is 22.6 Å². The molecular formula is C12H17N3O3S2. The first-order valence-corrected chi connectivity index (χ1v) is 8.56. The average Bonchev–Trinajstić information content (AvgIpc) is 2.72. The van der Waals surface area contributed by atoms with E-state index in [4.69, 9.17) is 5.73 Å². The summed E-state index contributed by atoms with van der Waals surface area (Å²) in [5, 5.41) is 2.64. The van der Waals surface area contributed by atoms with Crippen molar-refractivity contribution in [1.82, 2.24) is 10.0 Å². The molecule has 0 aliphatic heterocycles. The number of nitrogens with two attached hydrogens (primary N) is 1. The third-order valence-electron chi connectivity index (χ3n) is 2.22. The van der Waals surface area contributed by atoms with Gasteiger partial charge in [-0.15, -0.1) is 11.3 Å². The lowest BCUT2D eigenvalue weighted by atomic mass is 10.2. The molecule has 6 nitrogen and oxygen atoms in total. The molecule has 0 spiro atoms. The van der Waals surface area contributed by atoms with E-state index >= 15 is 0 Å². The van der Waals surface area contributed by atoms with Crippen molar-refractivity contribution < 1.29 is 13.2 Å². The highest BCUT2D eigenvalue weighted by Crippen LogP contribution is 2.20. The van der Waals surface area contributed by atoms with Crippen LogP contribution in [-0.4, -0.2) is 40.2 Å². The molecule has 0 saturated heterocycles. The number of thiophene rings is 1. The van der Waals surface area contributed by atoms with Crippen LogP contribution in [0.2, 0.25) is 0 Å². The van der Waals surface area contributed by atoms with Gasteiger partial charge >= 0.3 is 0 Å². The molecule has 20 heavy (non-hydrogen) atoms. The fraction of sp³-hybridized carbons (Fsp3) is 0.417. The van der Waals surface area contributed by atoms with Crippen molar-refractivity contribution in [3.05, 3.63) is 21.4 Å². The van der Waals surface area contributed by atoms with Gasteiger partial charge < -0.3 is 11.1 Å². The Labute approximate surface area is 122 Å². The highest BCUT2D eigenvalue weighted by atomic mass is 32.2. The Morgan fingerprint density at radius 3 is 2.75 bits per heavy atom. The van der Waals surface area contributed by atoms with Gasteiger partial charge in [0.15, 0.2) is 0 Å². The molecule has 1 aromatic heterocycles. The van der Waals surface area contributed by atoms with Crippen LogP contribution in [0, 0.1) is 18.8 Å². The maximum Gasteiger partial charge on any atom is 0.261 e. The lowest BCUT2D eigenvalue weighted by molar-refractivity contribution is 0.0958. The van der Waals surface area contributed by atoms with Gasteiger partial charge in [-0.3, -0.25) is 4.79 Å². The zero-order valence-electron chi connectivity index (χ0n) is 11.3. The van der Waals surface area contributed by atoms with E-state index in [9.17, 15) is 13.2 Å². The summed E-state index contributed by atoms with van der Waals surface area (Å²) in [4.78, 5) is 13.2. The Kier molecular flexibility index (Phi) is 6.16.